The van der Waals surface area contributed by atoms with Crippen molar-refractivity contribution in [1.82, 2.24) is 0 Å². The minimum Gasteiger partial charge on any atom is -0.496 e. The van der Waals surface area contributed by atoms with Crippen molar-refractivity contribution in [1.29, 1.82) is 0 Å². The van der Waals surface area contributed by atoms with Gasteiger partial charge in [-0.05, 0) is 47.3 Å². The zero-order valence-corrected chi connectivity index (χ0v) is 13.7. The summed E-state index contributed by atoms with van der Waals surface area (Å²) in [6.07, 6.45) is 3.09. The van der Waals surface area contributed by atoms with Crippen LogP contribution >= 0.6 is 15.9 Å². The van der Waals surface area contributed by atoms with Crippen LogP contribution in [0, 0.1) is 0 Å². The van der Waals surface area contributed by atoms with Crippen LogP contribution in [0.3, 0.4) is 0 Å². The van der Waals surface area contributed by atoms with Gasteiger partial charge in [-0.15, -0.1) is 0 Å². The lowest BCUT2D eigenvalue weighted by Gasteiger charge is -2.42. The summed E-state index contributed by atoms with van der Waals surface area (Å²) in [6.45, 7) is 0. The first-order chi connectivity index (χ1) is 9.55. The molecule has 4 nitrogen and oxygen atoms in total. The maximum atomic E-state index is 10.5. The van der Waals surface area contributed by atoms with Gasteiger partial charge < -0.3 is 19.3 Å². The zero-order chi connectivity index (χ0) is 14.8. The molecule has 112 valence electrons. The molecular weight excluding hydrogens is 324 g/mol. The van der Waals surface area contributed by atoms with Crippen molar-refractivity contribution >= 4 is 15.9 Å². The Kier molecular flexibility index (Phi) is 4.94. The van der Waals surface area contributed by atoms with Gasteiger partial charge in [0, 0.05) is 19.1 Å². The second-order valence-corrected chi connectivity index (χ2v) is 6.04. The number of rotatable bonds is 6. The summed E-state index contributed by atoms with van der Waals surface area (Å²) < 4.78 is 17.0. The number of aliphatic hydroxyl groups is 1. The van der Waals surface area contributed by atoms with Gasteiger partial charge in [-0.1, -0.05) is 0 Å². The van der Waals surface area contributed by atoms with E-state index >= 15 is 0 Å². The lowest BCUT2D eigenvalue weighted by atomic mass is 9.75. The van der Waals surface area contributed by atoms with Gasteiger partial charge in [0.2, 0.25) is 0 Å². The summed E-state index contributed by atoms with van der Waals surface area (Å²) in [5, 5.41) is 10.5. The van der Waals surface area contributed by atoms with E-state index in [0.29, 0.717) is 17.9 Å². The highest BCUT2D eigenvalue weighted by atomic mass is 79.9. The molecule has 1 aromatic rings. The maximum absolute atomic E-state index is 10.5. The molecule has 0 amide bonds. The number of benzene rings is 1. The highest BCUT2D eigenvalue weighted by molar-refractivity contribution is 9.10. The molecule has 1 aliphatic carbocycles. The predicted molar refractivity (Wildman–Crippen MR) is 80.4 cm³/mol. The van der Waals surface area contributed by atoms with Crippen LogP contribution in [0.5, 0.6) is 11.5 Å². The third-order valence-corrected chi connectivity index (χ3v) is 4.75. The molecule has 0 aromatic heterocycles. The van der Waals surface area contributed by atoms with Crippen molar-refractivity contribution in [3.8, 4) is 11.5 Å². The minimum absolute atomic E-state index is 0.190. The van der Waals surface area contributed by atoms with Crippen LogP contribution in [0.2, 0.25) is 0 Å². The van der Waals surface area contributed by atoms with Crippen LogP contribution in [0.15, 0.2) is 16.6 Å². The van der Waals surface area contributed by atoms with E-state index in [2.05, 4.69) is 15.9 Å². The smallest absolute Gasteiger partial charge is 0.133 e. The van der Waals surface area contributed by atoms with Crippen LogP contribution in [-0.2, 0) is 4.74 Å². The fraction of sp³-hybridized carbons (Fsp3) is 0.600. The van der Waals surface area contributed by atoms with Crippen molar-refractivity contribution in [2.75, 3.05) is 21.3 Å². The van der Waals surface area contributed by atoms with Crippen LogP contribution < -0.4 is 9.47 Å². The Hall–Kier alpha value is -0.780. The summed E-state index contributed by atoms with van der Waals surface area (Å²) in [7, 11) is 4.91. The predicted octanol–water partition coefficient (Wildman–Crippen LogP) is 3.46. The first-order valence-electron chi connectivity index (χ1n) is 6.70. The summed E-state index contributed by atoms with van der Waals surface area (Å²) >= 11 is 3.42. The molecule has 1 atom stereocenters. The average molecular weight is 345 g/mol. The van der Waals surface area contributed by atoms with E-state index in [1.807, 2.05) is 12.1 Å². The summed E-state index contributed by atoms with van der Waals surface area (Å²) in [6, 6.07) is 3.63. The molecule has 20 heavy (non-hydrogen) atoms. The number of ether oxygens (including phenoxy) is 3. The van der Waals surface area contributed by atoms with Crippen molar-refractivity contribution in [2.45, 2.75) is 37.4 Å². The van der Waals surface area contributed by atoms with Crippen LogP contribution in [0.25, 0.3) is 0 Å². The fourth-order valence-electron chi connectivity index (χ4n) is 2.67. The van der Waals surface area contributed by atoms with Crippen LogP contribution in [0.4, 0.5) is 0 Å². The Labute approximate surface area is 128 Å². The van der Waals surface area contributed by atoms with Gasteiger partial charge in [0.25, 0.3) is 0 Å². The normalized spacial score (nSPS) is 18.2. The highest BCUT2D eigenvalue weighted by Crippen LogP contribution is 2.44. The van der Waals surface area contributed by atoms with Gasteiger partial charge >= 0.3 is 0 Å². The van der Waals surface area contributed by atoms with Crippen molar-refractivity contribution < 1.29 is 19.3 Å². The van der Waals surface area contributed by atoms with E-state index in [1.54, 1.807) is 21.3 Å². The first-order valence-corrected chi connectivity index (χ1v) is 7.49. The summed E-state index contributed by atoms with van der Waals surface area (Å²) in [5.41, 5.74) is 0.543. The van der Waals surface area contributed by atoms with E-state index in [4.69, 9.17) is 14.2 Å². The van der Waals surface area contributed by atoms with Gasteiger partial charge in [0.1, 0.15) is 11.5 Å². The third-order valence-electron chi connectivity index (χ3n) is 4.13. The maximum Gasteiger partial charge on any atom is 0.133 e. The number of aliphatic hydroxyl groups excluding tert-OH is 1. The fourth-order valence-corrected chi connectivity index (χ4v) is 3.15. The number of methoxy groups -OCH3 is 3. The molecular formula is C15H21BrO4. The SMILES string of the molecule is COc1cc(C(O)CC2(OC)CCC2)c(OC)cc1Br. The van der Waals surface area contributed by atoms with Gasteiger partial charge in [0.15, 0.2) is 0 Å². The Morgan fingerprint density at radius 1 is 1.20 bits per heavy atom. The molecule has 1 fully saturated rings. The average Bonchev–Trinajstić information content (AvgIpc) is 2.42. The Bertz CT molecular complexity index is 466. The molecule has 1 aliphatic rings. The molecule has 0 spiro atoms. The second kappa shape index (κ2) is 6.33. The van der Waals surface area contributed by atoms with E-state index in [-0.39, 0.29) is 5.60 Å². The minimum atomic E-state index is -0.632. The number of hydrogen-bond acceptors (Lipinski definition) is 4. The van der Waals surface area contributed by atoms with E-state index in [9.17, 15) is 5.11 Å². The first kappa shape index (κ1) is 15.6. The Morgan fingerprint density at radius 2 is 1.85 bits per heavy atom. The number of halogens is 1. The van der Waals surface area contributed by atoms with Crippen molar-refractivity contribution in [3.05, 3.63) is 22.2 Å². The van der Waals surface area contributed by atoms with Crippen LogP contribution in [0.1, 0.15) is 37.4 Å². The van der Waals surface area contributed by atoms with Crippen molar-refractivity contribution in [2.24, 2.45) is 0 Å². The second-order valence-electron chi connectivity index (χ2n) is 5.19. The van der Waals surface area contributed by atoms with Crippen LogP contribution in [-0.4, -0.2) is 32.0 Å². The van der Waals surface area contributed by atoms with Gasteiger partial charge in [-0.25, -0.2) is 0 Å². The lowest BCUT2D eigenvalue weighted by molar-refractivity contribution is -0.100. The molecule has 0 radical (unpaired) electrons. The largest absolute Gasteiger partial charge is 0.496 e. The molecule has 1 N–H and O–H groups in total. The van der Waals surface area contributed by atoms with Gasteiger partial charge in [-0.2, -0.15) is 0 Å². The van der Waals surface area contributed by atoms with Crippen molar-refractivity contribution in [3.63, 3.8) is 0 Å². The Balaban J connectivity index is 2.26. The molecule has 0 aliphatic heterocycles. The topological polar surface area (TPSA) is 47.9 Å². The molecule has 0 saturated heterocycles. The summed E-state index contributed by atoms with van der Waals surface area (Å²) in [5.74, 6) is 1.33. The van der Waals surface area contributed by atoms with Gasteiger partial charge in [0.05, 0.1) is 30.4 Å². The molecule has 1 unspecified atom stereocenters. The third kappa shape index (κ3) is 2.95. The monoisotopic (exact) mass is 344 g/mol. The molecule has 1 saturated carbocycles. The molecule has 1 aromatic carbocycles. The van der Waals surface area contributed by atoms with E-state index in [1.165, 1.54) is 0 Å². The van der Waals surface area contributed by atoms with E-state index < -0.39 is 6.10 Å². The highest BCUT2D eigenvalue weighted by Gasteiger charge is 2.39. The molecule has 5 heteroatoms. The zero-order valence-electron chi connectivity index (χ0n) is 12.1. The van der Waals surface area contributed by atoms with E-state index in [0.717, 1.165) is 29.3 Å². The molecule has 0 heterocycles. The number of hydrogen-bond donors (Lipinski definition) is 1. The summed E-state index contributed by atoms with van der Waals surface area (Å²) in [4.78, 5) is 0. The standard InChI is InChI=1S/C15H21BrO4/c1-18-13-8-11(16)14(19-2)7-10(13)12(17)9-15(20-3)5-4-6-15/h7-8,12,17H,4-6,9H2,1-3H3. The van der Waals surface area contributed by atoms with Gasteiger partial charge in [-0.3, -0.25) is 0 Å². The quantitative estimate of drug-likeness (QED) is 0.858. The Morgan fingerprint density at radius 3 is 2.30 bits per heavy atom. The molecule has 2 rings (SSSR count). The lowest BCUT2D eigenvalue weighted by Crippen LogP contribution is -2.40. The molecule has 0 bridgehead atoms.